The lowest BCUT2D eigenvalue weighted by Crippen LogP contribution is -2.02. The third-order valence-corrected chi connectivity index (χ3v) is 4.76. The van der Waals surface area contributed by atoms with E-state index in [-0.39, 0.29) is 22.8 Å². The summed E-state index contributed by atoms with van der Waals surface area (Å²) in [6, 6.07) is 5.07. The van der Waals surface area contributed by atoms with Gasteiger partial charge in [-0.1, -0.05) is 11.2 Å². The summed E-state index contributed by atoms with van der Waals surface area (Å²) in [4.78, 5) is 15.7. The predicted molar refractivity (Wildman–Crippen MR) is 95.8 cm³/mol. The van der Waals surface area contributed by atoms with Gasteiger partial charge in [-0.15, -0.1) is 0 Å². The molecule has 26 heavy (non-hydrogen) atoms. The van der Waals surface area contributed by atoms with E-state index >= 15 is 0 Å². The standard InChI is InChI=1S/C20H19FN2O3/c1-9-6-11(3)17(21)16(13(9)5)19-22-18(23-26-19)14-7-10(2)12(4)15(8-14)20(24)25/h6-8H,1-5H3,(H,24,25). The molecule has 2 aromatic carbocycles. The Morgan fingerprint density at radius 2 is 1.65 bits per heavy atom. The Hall–Kier alpha value is -3.02. The fourth-order valence-electron chi connectivity index (χ4n) is 2.96. The molecule has 5 nitrogen and oxygen atoms in total. The number of rotatable bonds is 3. The molecule has 3 rings (SSSR count). The number of aromatic nitrogens is 2. The van der Waals surface area contributed by atoms with Crippen LogP contribution in [-0.2, 0) is 0 Å². The molecule has 3 aromatic rings. The first-order valence-electron chi connectivity index (χ1n) is 8.16. The maximum atomic E-state index is 14.6. The van der Waals surface area contributed by atoms with Crippen molar-refractivity contribution in [1.29, 1.82) is 0 Å². The summed E-state index contributed by atoms with van der Waals surface area (Å²) in [7, 11) is 0. The summed E-state index contributed by atoms with van der Waals surface area (Å²) in [6.45, 7) is 8.95. The van der Waals surface area contributed by atoms with Gasteiger partial charge in [0, 0.05) is 5.56 Å². The van der Waals surface area contributed by atoms with Crippen LogP contribution in [0.4, 0.5) is 4.39 Å². The molecular formula is C20H19FN2O3. The molecule has 0 atom stereocenters. The summed E-state index contributed by atoms with van der Waals surface area (Å²) >= 11 is 0. The summed E-state index contributed by atoms with van der Waals surface area (Å²) in [5, 5.41) is 13.3. The van der Waals surface area contributed by atoms with Crippen molar-refractivity contribution in [2.45, 2.75) is 34.6 Å². The second kappa shape index (κ2) is 6.37. The molecule has 1 N–H and O–H groups in total. The molecule has 0 aliphatic carbocycles. The monoisotopic (exact) mass is 354 g/mol. The van der Waals surface area contributed by atoms with Crippen LogP contribution in [0.2, 0.25) is 0 Å². The zero-order chi connectivity index (χ0) is 19.2. The van der Waals surface area contributed by atoms with Gasteiger partial charge in [0.25, 0.3) is 5.89 Å². The third-order valence-electron chi connectivity index (χ3n) is 4.76. The highest BCUT2D eigenvalue weighted by Gasteiger charge is 2.21. The average Bonchev–Trinajstić information content (AvgIpc) is 3.05. The number of aromatic carboxylic acids is 1. The van der Waals surface area contributed by atoms with Crippen molar-refractivity contribution in [1.82, 2.24) is 10.1 Å². The molecule has 6 heteroatoms. The highest BCUT2D eigenvalue weighted by molar-refractivity contribution is 5.91. The molecule has 0 radical (unpaired) electrons. The van der Waals surface area contributed by atoms with Crippen molar-refractivity contribution in [2.24, 2.45) is 0 Å². The van der Waals surface area contributed by atoms with E-state index in [9.17, 15) is 14.3 Å². The van der Waals surface area contributed by atoms with Crippen LogP contribution in [0.3, 0.4) is 0 Å². The van der Waals surface area contributed by atoms with Crippen LogP contribution in [0.5, 0.6) is 0 Å². The Morgan fingerprint density at radius 1 is 1.00 bits per heavy atom. The van der Waals surface area contributed by atoms with E-state index in [1.54, 1.807) is 32.9 Å². The summed E-state index contributed by atoms with van der Waals surface area (Å²) < 4.78 is 19.9. The van der Waals surface area contributed by atoms with Crippen LogP contribution in [0.15, 0.2) is 22.7 Å². The molecule has 1 aromatic heterocycles. The molecule has 1 heterocycles. The first kappa shape index (κ1) is 17.8. The van der Waals surface area contributed by atoms with Crippen LogP contribution < -0.4 is 0 Å². The van der Waals surface area contributed by atoms with Gasteiger partial charge < -0.3 is 9.63 Å². The number of carboxylic acids is 1. The smallest absolute Gasteiger partial charge is 0.335 e. The van der Waals surface area contributed by atoms with Gasteiger partial charge >= 0.3 is 5.97 Å². The molecule has 0 fully saturated rings. The lowest BCUT2D eigenvalue weighted by atomic mass is 9.98. The molecule has 0 aliphatic rings. The van der Waals surface area contributed by atoms with E-state index in [0.717, 1.165) is 16.7 Å². The first-order valence-corrected chi connectivity index (χ1v) is 8.16. The van der Waals surface area contributed by atoms with E-state index in [1.807, 2.05) is 13.8 Å². The van der Waals surface area contributed by atoms with Crippen LogP contribution in [0.25, 0.3) is 22.8 Å². The number of aryl methyl sites for hydroxylation is 3. The van der Waals surface area contributed by atoms with E-state index < -0.39 is 11.8 Å². The largest absolute Gasteiger partial charge is 0.478 e. The molecular weight excluding hydrogens is 335 g/mol. The number of carbonyl (C=O) groups is 1. The fourth-order valence-corrected chi connectivity index (χ4v) is 2.96. The maximum Gasteiger partial charge on any atom is 0.335 e. The number of benzene rings is 2. The third kappa shape index (κ3) is 2.87. The molecule has 0 spiro atoms. The van der Waals surface area contributed by atoms with E-state index in [0.29, 0.717) is 16.7 Å². The number of nitrogens with zero attached hydrogens (tertiary/aromatic N) is 2. The number of carboxylic acid groups (broad SMARTS) is 1. The van der Waals surface area contributed by atoms with Gasteiger partial charge in [-0.3, -0.25) is 0 Å². The second-order valence-corrected chi connectivity index (χ2v) is 6.52. The summed E-state index contributed by atoms with van der Waals surface area (Å²) in [5.74, 6) is -1.11. The van der Waals surface area contributed by atoms with Crippen molar-refractivity contribution in [3.8, 4) is 22.8 Å². The fraction of sp³-hybridized carbons (Fsp3) is 0.250. The van der Waals surface area contributed by atoms with Gasteiger partial charge in [0.2, 0.25) is 5.82 Å². The quantitative estimate of drug-likeness (QED) is 0.732. The van der Waals surface area contributed by atoms with Gasteiger partial charge in [0.15, 0.2) is 0 Å². The van der Waals surface area contributed by atoms with Gasteiger partial charge in [0.1, 0.15) is 5.82 Å². The minimum Gasteiger partial charge on any atom is -0.478 e. The molecule has 134 valence electrons. The Labute approximate surface area is 150 Å². The Kier molecular flexibility index (Phi) is 4.36. The highest BCUT2D eigenvalue weighted by Crippen LogP contribution is 2.32. The van der Waals surface area contributed by atoms with Crippen molar-refractivity contribution < 1.29 is 18.8 Å². The number of hydrogen-bond donors (Lipinski definition) is 1. The normalized spacial score (nSPS) is 11.0. The SMILES string of the molecule is Cc1cc(-c2noc(-c3c(C)c(C)cc(C)c3F)n2)cc(C(=O)O)c1C. The van der Waals surface area contributed by atoms with Crippen molar-refractivity contribution in [3.05, 3.63) is 57.4 Å². The van der Waals surface area contributed by atoms with Gasteiger partial charge in [-0.2, -0.15) is 4.98 Å². The maximum absolute atomic E-state index is 14.6. The molecule has 0 amide bonds. The molecule has 0 saturated carbocycles. The van der Waals surface area contributed by atoms with E-state index in [2.05, 4.69) is 10.1 Å². The Morgan fingerprint density at radius 3 is 2.31 bits per heavy atom. The molecule has 0 unspecified atom stereocenters. The zero-order valence-corrected chi connectivity index (χ0v) is 15.3. The molecule has 0 bridgehead atoms. The second-order valence-electron chi connectivity index (χ2n) is 6.52. The van der Waals surface area contributed by atoms with Crippen LogP contribution >= 0.6 is 0 Å². The highest BCUT2D eigenvalue weighted by atomic mass is 19.1. The number of hydrogen-bond acceptors (Lipinski definition) is 4. The summed E-state index contributed by atoms with van der Waals surface area (Å²) in [6.07, 6.45) is 0. The van der Waals surface area contributed by atoms with Crippen LogP contribution in [0.1, 0.15) is 38.2 Å². The van der Waals surface area contributed by atoms with Crippen molar-refractivity contribution in [2.75, 3.05) is 0 Å². The topological polar surface area (TPSA) is 76.2 Å². The Bertz CT molecular complexity index is 1010. The average molecular weight is 354 g/mol. The van der Waals surface area contributed by atoms with Crippen LogP contribution in [-0.4, -0.2) is 21.2 Å². The number of halogens is 1. The Balaban J connectivity index is 2.15. The van der Waals surface area contributed by atoms with Crippen molar-refractivity contribution >= 4 is 5.97 Å². The first-order chi connectivity index (χ1) is 12.2. The molecule has 0 aliphatic heterocycles. The lowest BCUT2D eigenvalue weighted by molar-refractivity contribution is 0.0696. The van der Waals surface area contributed by atoms with E-state index in [4.69, 9.17) is 4.52 Å². The minimum absolute atomic E-state index is 0.0805. The van der Waals surface area contributed by atoms with Gasteiger partial charge in [-0.25, -0.2) is 9.18 Å². The summed E-state index contributed by atoms with van der Waals surface area (Å²) in [5.41, 5.74) is 4.63. The van der Waals surface area contributed by atoms with Gasteiger partial charge in [0.05, 0.1) is 11.1 Å². The lowest BCUT2D eigenvalue weighted by Gasteiger charge is -2.09. The molecule has 0 saturated heterocycles. The zero-order valence-electron chi connectivity index (χ0n) is 15.3. The van der Waals surface area contributed by atoms with Gasteiger partial charge in [-0.05, 0) is 74.6 Å². The van der Waals surface area contributed by atoms with Crippen LogP contribution in [0, 0.1) is 40.4 Å². The van der Waals surface area contributed by atoms with Crippen molar-refractivity contribution in [3.63, 3.8) is 0 Å². The van der Waals surface area contributed by atoms with E-state index in [1.165, 1.54) is 6.07 Å². The predicted octanol–water partition coefficient (Wildman–Crippen LogP) is 4.78. The minimum atomic E-state index is -1.02.